The van der Waals surface area contributed by atoms with Crippen LogP contribution in [0.5, 0.6) is 0 Å². The van der Waals surface area contributed by atoms with Crippen LogP contribution < -0.4 is 5.32 Å². The van der Waals surface area contributed by atoms with E-state index in [2.05, 4.69) is 54.7 Å². The number of rotatable bonds is 3. The molecule has 1 amide bonds. The lowest BCUT2D eigenvalue weighted by Gasteiger charge is -2.34. The minimum absolute atomic E-state index is 0.275. The van der Waals surface area contributed by atoms with Gasteiger partial charge in [-0.2, -0.15) is 0 Å². The van der Waals surface area contributed by atoms with Gasteiger partial charge in [0.15, 0.2) is 0 Å². The number of piperazine rings is 1. The van der Waals surface area contributed by atoms with E-state index in [1.807, 2.05) is 4.90 Å². The van der Waals surface area contributed by atoms with Gasteiger partial charge in [-0.05, 0) is 29.7 Å². The first-order valence-electron chi connectivity index (χ1n) is 7.72. The summed E-state index contributed by atoms with van der Waals surface area (Å²) >= 11 is 0. The lowest BCUT2D eigenvalue weighted by atomic mass is 10.0. The molecule has 110 valence electrons. The largest absolute Gasteiger partial charge is 0.337 e. The quantitative estimate of drug-likeness (QED) is 0.938. The van der Waals surface area contributed by atoms with Crippen molar-refractivity contribution in [2.24, 2.45) is 0 Å². The normalized spacial score (nSPS) is 18.9. The fourth-order valence-corrected chi connectivity index (χ4v) is 3.00. The Morgan fingerprint density at radius 1 is 1.24 bits per heavy atom. The highest BCUT2D eigenvalue weighted by molar-refractivity contribution is 5.83. The maximum absolute atomic E-state index is 12.3. The highest BCUT2D eigenvalue weighted by Crippen LogP contribution is 2.17. The Kier molecular flexibility index (Phi) is 4.20. The molecule has 0 radical (unpaired) electrons. The van der Waals surface area contributed by atoms with E-state index in [4.69, 9.17) is 0 Å². The number of aryl methyl sites for hydroxylation is 1. The molecular formula is C18H22N2O. The average Bonchev–Trinajstić information content (AvgIpc) is 2.53. The number of carbonyl (C=O) groups excluding carboxylic acids is 1. The molecule has 0 aliphatic carbocycles. The number of carbonyl (C=O) groups is 1. The molecule has 0 saturated carbocycles. The molecule has 0 bridgehead atoms. The van der Waals surface area contributed by atoms with Gasteiger partial charge in [-0.3, -0.25) is 4.79 Å². The minimum atomic E-state index is 0.275. The molecule has 1 fully saturated rings. The van der Waals surface area contributed by atoms with Crippen molar-refractivity contribution in [2.45, 2.75) is 25.8 Å². The third-order valence-electron chi connectivity index (χ3n) is 4.26. The maximum Gasteiger partial charge on any atom is 0.223 e. The molecule has 3 rings (SSSR count). The zero-order chi connectivity index (χ0) is 14.7. The summed E-state index contributed by atoms with van der Waals surface area (Å²) in [4.78, 5) is 14.4. The van der Waals surface area contributed by atoms with E-state index in [0.29, 0.717) is 12.5 Å². The van der Waals surface area contributed by atoms with Gasteiger partial charge in [0.1, 0.15) is 0 Å². The second-order valence-electron chi connectivity index (χ2n) is 5.82. The fourth-order valence-electron chi connectivity index (χ4n) is 3.00. The third kappa shape index (κ3) is 3.24. The van der Waals surface area contributed by atoms with E-state index >= 15 is 0 Å². The standard InChI is InChI=1S/C18H22N2O/c1-14-13-19-10-11-20(14)18(21)9-7-15-6-8-16-4-2-3-5-17(16)12-15/h2-6,8,12,14,19H,7,9-11,13H2,1H3/t14-/m1/s1. The van der Waals surface area contributed by atoms with Crippen LogP contribution in [0.25, 0.3) is 10.8 Å². The Bertz CT molecular complexity index is 638. The van der Waals surface area contributed by atoms with Gasteiger partial charge in [0.05, 0.1) is 0 Å². The summed E-state index contributed by atoms with van der Waals surface area (Å²) in [5, 5.41) is 5.82. The molecule has 1 atom stereocenters. The zero-order valence-corrected chi connectivity index (χ0v) is 12.5. The van der Waals surface area contributed by atoms with Crippen LogP contribution in [-0.2, 0) is 11.2 Å². The first-order valence-corrected chi connectivity index (χ1v) is 7.72. The molecule has 3 heteroatoms. The number of fused-ring (bicyclic) bond motifs is 1. The average molecular weight is 282 g/mol. The van der Waals surface area contributed by atoms with Crippen LogP contribution in [0.15, 0.2) is 42.5 Å². The van der Waals surface area contributed by atoms with E-state index in [1.165, 1.54) is 16.3 Å². The summed E-state index contributed by atoms with van der Waals surface area (Å²) in [5.74, 6) is 0.275. The van der Waals surface area contributed by atoms with E-state index in [9.17, 15) is 4.79 Å². The van der Waals surface area contributed by atoms with Crippen molar-refractivity contribution in [3.05, 3.63) is 48.0 Å². The van der Waals surface area contributed by atoms with E-state index in [0.717, 1.165) is 26.1 Å². The van der Waals surface area contributed by atoms with Gasteiger partial charge in [-0.1, -0.05) is 42.5 Å². The SMILES string of the molecule is C[C@@H]1CNCCN1C(=O)CCc1ccc2ccccc2c1. The van der Waals surface area contributed by atoms with Gasteiger partial charge in [0.25, 0.3) is 0 Å². The molecule has 1 saturated heterocycles. The highest BCUT2D eigenvalue weighted by Gasteiger charge is 2.22. The van der Waals surface area contributed by atoms with Crippen molar-refractivity contribution in [2.75, 3.05) is 19.6 Å². The summed E-state index contributed by atoms with van der Waals surface area (Å²) in [6, 6.07) is 15.1. The second kappa shape index (κ2) is 6.27. The molecular weight excluding hydrogens is 260 g/mol. The van der Waals surface area contributed by atoms with Crippen molar-refractivity contribution in [3.8, 4) is 0 Å². The Morgan fingerprint density at radius 3 is 2.86 bits per heavy atom. The van der Waals surface area contributed by atoms with Crippen LogP contribution in [0.1, 0.15) is 18.9 Å². The molecule has 0 aromatic heterocycles. The van der Waals surface area contributed by atoms with Gasteiger partial charge in [0, 0.05) is 32.1 Å². The second-order valence-corrected chi connectivity index (χ2v) is 5.82. The number of hydrogen-bond acceptors (Lipinski definition) is 2. The summed E-state index contributed by atoms with van der Waals surface area (Å²) in [5.41, 5.74) is 1.24. The lowest BCUT2D eigenvalue weighted by molar-refractivity contribution is -0.133. The van der Waals surface area contributed by atoms with Gasteiger partial charge < -0.3 is 10.2 Å². The van der Waals surface area contributed by atoms with E-state index in [-0.39, 0.29) is 5.91 Å². The zero-order valence-electron chi connectivity index (χ0n) is 12.5. The molecule has 3 nitrogen and oxygen atoms in total. The monoisotopic (exact) mass is 282 g/mol. The van der Waals surface area contributed by atoms with Gasteiger partial charge in [0.2, 0.25) is 5.91 Å². The molecule has 1 heterocycles. The number of benzene rings is 2. The molecule has 1 aliphatic rings. The molecule has 1 N–H and O–H groups in total. The van der Waals surface area contributed by atoms with Crippen LogP contribution in [-0.4, -0.2) is 36.5 Å². The van der Waals surface area contributed by atoms with Crippen molar-refractivity contribution in [3.63, 3.8) is 0 Å². The van der Waals surface area contributed by atoms with E-state index < -0.39 is 0 Å². The molecule has 2 aromatic carbocycles. The Hall–Kier alpha value is -1.87. The van der Waals surface area contributed by atoms with Gasteiger partial charge in [-0.25, -0.2) is 0 Å². The summed E-state index contributed by atoms with van der Waals surface area (Å²) in [7, 11) is 0. The smallest absolute Gasteiger partial charge is 0.223 e. The third-order valence-corrected chi connectivity index (χ3v) is 4.26. The molecule has 21 heavy (non-hydrogen) atoms. The molecule has 1 aliphatic heterocycles. The summed E-state index contributed by atoms with van der Waals surface area (Å²) in [6.07, 6.45) is 1.42. The number of nitrogens with zero attached hydrogens (tertiary/aromatic N) is 1. The fraction of sp³-hybridized carbons (Fsp3) is 0.389. The summed E-state index contributed by atoms with van der Waals surface area (Å²) < 4.78 is 0. The van der Waals surface area contributed by atoms with Crippen LogP contribution in [0.4, 0.5) is 0 Å². The number of hydrogen-bond donors (Lipinski definition) is 1. The predicted octanol–water partition coefficient (Wildman–Crippen LogP) is 2.59. The van der Waals surface area contributed by atoms with Gasteiger partial charge >= 0.3 is 0 Å². The van der Waals surface area contributed by atoms with Crippen LogP contribution >= 0.6 is 0 Å². The van der Waals surface area contributed by atoms with E-state index in [1.54, 1.807) is 0 Å². The Morgan fingerprint density at radius 2 is 2.05 bits per heavy atom. The van der Waals surface area contributed by atoms with Crippen molar-refractivity contribution in [1.82, 2.24) is 10.2 Å². The topological polar surface area (TPSA) is 32.3 Å². The number of nitrogens with one attached hydrogen (secondary N) is 1. The highest BCUT2D eigenvalue weighted by atomic mass is 16.2. The molecule has 0 spiro atoms. The maximum atomic E-state index is 12.3. The predicted molar refractivity (Wildman–Crippen MR) is 86.3 cm³/mol. The Balaban J connectivity index is 1.64. The van der Waals surface area contributed by atoms with Crippen molar-refractivity contribution in [1.29, 1.82) is 0 Å². The first kappa shape index (κ1) is 14.1. The van der Waals surface area contributed by atoms with Crippen molar-refractivity contribution < 1.29 is 4.79 Å². The minimum Gasteiger partial charge on any atom is -0.337 e. The summed E-state index contributed by atoms with van der Waals surface area (Å²) in [6.45, 7) is 4.76. The van der Waals surface area contributed by atoms with Gasteiger partial charge in [-0.15, -0.1) is 0 Å². The lowest BCUT2D eigenvalue weighted by Crippen LogP contribution is -2.52. The van der Waals surface area contributed by atoms with Crippen LogP contribution in [0, 0.1) is 0 Å². The molecule has 0 unspecified atom stereocenters. The first-order chi connectivity index (χ1) is 10.2. The Labute approximate surface area is 125 Å². The van der Waals surface area contributed by atoms with Crippen LogP contribution in [0.3, 0.4) is 0 Å². The number of amides is 1. The molecule has 2 aromatic rings. The van der Waals surface area contributed by atoms with Crippen molar-refractivity contribution >= 4 is 16.7 Å². The van der Waals surface area contributed by atoms with Crippen LogP contribution in [0.2, 0.25) is 0 Å².